The third kappa shape index (κ3) is 5.10. The summed E-state index contributed by atoms with van der Waals surface area (Å²) in [7, 11) is 1.67. The zero-order chi connectivity index (χ0) is 15.1. The van der Waals surface area contributed by atoms with E-state index in [1.165, 1.54) is 10.4 Å². The molecule has 2 rings (SSSR count). The van der Waals surface area contributed by atoms with Crippen LogP contribution in [0.5, 0.6) is 5.75 Å². The molecule has 21 heavy (non-hydrogen) atoms. The van der Waals surface area contributed by atoms with Crippen LogP contribution in [0.1, 0.15) is 16.0 Å². The van der Waals surface area contributed by atoms with Crippen molar-refractivity contribution in [1.29, 1.82) is 0 Å². The van der Waals surface area contributed by atoms with E-state index in [9.17, 15) is 4.79 Å². The summed E-state index contributed by atoms with van der Waals surface area (Å²) in [5, 5.41) is 4.94. The molecule has 0 bridgehead atoms. The van der Waals surface area contributed by atoms with Crippen molar-refractivity contribution >= 4 is 29.0 Å². The fraction of sp³-hybridized carbons (Fsp3) is 0.312. The van der Waals surface area contributed by atoms with Gasteiger partial charge in [-0.15, -0.1) is 23.1 Å². The van der Waals surface area contributed by atoms with E-state index < -0.39 is 0 Å². The highest BCUT2D eigenvalue weighted by atomic mass is 32.2. The molecule has 1 heterocycles. The van der Waals surface area contributed by atoms with Crippen molar-refractivity contribution in [2.75, 3.05) is 12.9 Å². The highest BCUT2D eigenvalue weighted by Gasteiger charge is 2.06. The van der Waals surface area contributed by atoms with Crippen molar-refractivity contribution < 1.29 is 9.53 Å². The van der Waals surface area contributed by atoms with Gasteiger partial charge in [-0.1, -0.05) is 23.8 Å². The van der Waals surface area contributed by atoms with E-state index in [0.29, 0.717) is 12.3 Å². The molecule has 1 aromatic carbocycles. The number of benzene rings is 1. The van der Waals surface area contributed by atoms with E-state index >= 15 is 0 Å². The van der Waals surface area contributed by atoms with Crippen LogP contribution in [0.4, 0.5) is 0 Å². The lowest BCUT2D eigenvalue weighted by Gasteiger charge is -2.09. The molecule has 0 fully saturated rings. The average Bonchev–Trinajstić information content (AvgIpc) is 2.99. The molecule has 0 aliphatic carbocycles. The molecule has 5 heteroatoms. The van der Waals surface area contributed by atoms with Crippen molar-refractivity contribution in [3.63, 3.8) is 0 Å². The zero-order valence-electron chi connectivity index (χ0n) is 12.2. The van der Waals surface area contributed by atoms with Gasteiger partial charge in [-0.05, 0) is 24.4 Å². The van der Waals surface area contributed by atoms with Gasteiger partial charge >= 0.3 is 0 Å². The first-order valence-electron chi connectivity index (χ1n) is 6.69. The predicted octanol–water partition coefficient (Wildman–Crippen LogP) is 3.61. The first-order valence-corrected chi connectivity index (χ1v) is 8.73. The number of nitrogens with one attached hydrogen (secondary N) is 1. The minimum Gasteiger partial charge on any atom is -0.496 e. The molecule has 0 aliphatic heterocycles. The number of hydrogen-bond donors (Lipinski definition) is 1. The summed E-state index contributed by atoms with van der Waals surface area (Å²) in [4.78, 5) is 13.0. The number of rotatable bonds is 7. The molecule has 0 aliphatic rings. The molecule has 0 radical (unpaired) electrons. The molecule has 0 spiro atoms. The Morgan fingerprint density at radius 3 is 2.95 bits per heavy atom. The number of methoxy groups -OCH3 is 1. The fourth-order valence-corrected chi connectivity index (χ4v) is 3.40. The normalized spacial score (nSPS) is 10.4. The van der Waals surface area contributed by atoms with Gasteiger partial charge in [0.15, 0.2) is 0 Å². The molecule has 0 saturated heterocycles. The van der Waals surface area contributed by atoms with Crippen molar-refractivity contribution in [1.82, 2.24) is 5.32 Å². The first kappa shape index (κ1) is 15.9. The van der Waals surface area contributed by atoms with Gasteiger partial charge < -0.3 is 10.1 Å². The molecule has 1 aromatic heterocycles. The Morgan fingerprint density at radius 2 is 2.24 bits per heavy atom. The number of carbonyl (C=O) groups is 1. The molecule has 112 valence electrons. The lowest BCUT2D eigenvalue weighted by molar-refractivity contribution is -0.118. The standard InChI is InChI=1S/C16H19NO2S2/c1-12-5-6-15(19-2)13(8-12)10-20-11-16(18)17-9-14-4-3-7-21-14/h3-8H,9-11H2,1-2H3,(H,17,18). The van der Waals surface area contributed by atoms with Gasteiger partial charge in [-0.2, -0.15) is 0 Å². The second-order valence-electron chi connectivity index (χ2n) is 4.66. The summed E-state index contributed by atoms with van der Waals surface area (Å²) in [6, 6.07) is 10.1. The third-order valence-electron chi connectivity index (χ3n) is 2.97. The summed E-state index contributed by atoms with van der Waals surface area (Å²) in [5.41, 5.74) is 2.34. The summed E-state index contributed by atoms with van der Waals surface area (Å²) >= 11 is 3.26. The van der Waals surface area contributed by atoms with Crippen LogP contribution in [0, 0.1) is 6.92 Å². The summed E-state index contributed by atoms with van der Waals surface area (Å²) in [5.74, 6) is 2.19. The SMILES string of the molecule is COc1ccc(C)cc1CSCC(=O)NCc1cccs1. The van der Waals surface area contributed by atoms with Crippen molar-refractivity contribution in [3.05, 3.63) is 51.7 Å². The Hall–Kier alpha value is -1.46. The molecular weight excluding hydrogens is 302 g/mol. The Morgan fingerprint density at radius 1 is 1.38 bits per heavy atom. The number of aryl methyl sites for hydroxylation is 1. The number of amides is 1. The lowest BCUT2D eigenvalue weighted by atomic mass is 10.1. The van der Waals surface area contributed by atoms with Crippen molar-refractivity contribution in [2.24, 2.45) is 0 Å². The highest BCUT2D eigenvalue weighted by Crippen LogP contribution is 2.24. The van der Waals surface area contributed by atoms with E-state index in [-0.39, 0.29) is 5.91 Å². The van der Waals surface area contributed by atoms with Gasteiger partial charge in [-0.3, -0.25) is 4.79 Å². The smallest absolute Gasteiger partial charge is 0.230 e. The van der Waals surface area contributed by atoms with Gasteiger partial charge in [0.25, 0.3) is 0 Å². The van der Waals surface area contributed by atoms with E-state index in [1.54, 1.807) is 30.2 Å². The topological polar surface area (TPSA) is 38.3 Å². The van der Waals surface area contributed by atoms with Crippen LogP contribution in [0.25, 0.3) is 0 Å². The maximum absolute atomic E-state index is 11.8. The second kappa shape index (κ2) is 8.10. The molecule has 1 amide bonds. The molecule has 0 saturated carbocycles. The van der Waals surface area contributed by atoms with Gasteiger partial charge in [0.05, 0.1) is 19.4 Å². The molecule has 1 N–H and O–H groups in total. The van der Waals surface area contributed by atoms with Crippen molar-refractivity contribution in [2.45, 2.75) is 19.2 Å². The fourth-order valence-electron chi connectivity index (χ4n) is 1.92. The summed E-state index contributed by atoms with van der Waals surface area (Å²) < 4.78 is 5.34. The Balaban J connectivity index is 1.76. The molecule has 0 atom stereocenters. The van der Waals surface area contributed by atoms with E-state index in [2.05, 4.69) is 18.3 Å². The monoisotopic (exact) mass is 321 g/mol. The van der Waals surface area contributed by atoms with E-state index in [1.807, 2.05) is 29.6 Å². The largest absolute Gasteiger partial charge is 0.496 e. The van der Waals surface area contributed by atoms with Gasteiger partial charge in [0.2, 0.25) is 5.91 Å². The highest BCUT2D eigenvalue weighted by molar-refractivity contribution is 7.99. The molecule has 3 nitrogen and oxygen atoms in total. The minimum absolute atomic E-state index is 0.0695. The van der Waals surface area contributed by atoms with Crippen LogP contribution in [0.2, 0.25) is 0 Å². The number of thiophene rings is 1. The second-order valence-corrected chi connectivity index (χ2v) is 6.68. The first-order chi connectivity index (χ1) is 10.2. The Bertz CT molecular complexity index is 582. The quantitative estimate of drug-likeness (QED) is 0.846. The van der Waals surface area contributed by atoms with Gasteiger partial charge in [0, 0.05) is 16.2 Å². The van der Waals surface area contributed by atoms with Crippen molar-refractivity contribution in [3.8, 4) is 5.75 Å². The van der Waals surface area contributed by atoms with E-state index in [4.69, 9.17) is 4.74 Å². The lowest BCUT2D eigenvalue weighted by Crippen LogP contribution is -2.24. The van der Waals surface area contributed by atoms with Gasteiger partial charge in [0.1, 0.15) is 5.75 Å². The van der Waals surface area contributed by atoms with Crippen LogP contribution >= 0.6 is 23.1 Å². The third-order valence-corrected chi connectivity index (χ3v) is 4.82. The predicted molar refractivity (Wildman–Crippen MR) is 90.1 cm³/mol. The maximum atomic E-state index is 11.8. The number of ether oxygens (including phenoxy) is 1. The Kier molecular flexibility index (Phi) is 6.14. The molecule has 0 unspecified atom stereocenters. The minimum atomic E-state index is 0.0695. The number of hydrogen-bond acceptors (Lipinski definition) is 4. The van der Waals surface area contributed by atoms with Crippen LogP contribution in [0.3, 0.4) is 0 Å². The number of carbonyl (C=O) groups excluding carboxylic acids is 1. The summed E-state index contributed by atoms with van der Waals surface area (Å²) in [6.45, 7) is 2.67. The van der Waals surface area contributed by atoms with Crippen LogP contribution in [-0.2, 0) is 17.1 Å². The summed E-state index contributed by atoms with van der Waals surface area (Å²) in [6.07, 6.45) is 0. The van der Waals surface area contributed by atoms with Crippen LogP contribution in [-0.4, -0.2) is 18.8 Å². The maximum Gasteiger partial charge on any atom is 0.230 e. The molecular formula is C16H19NO2S2. The van der Waals surface area contributed by atoms with Crippen LogP contribution in [0.15, 0.2) is 35.7 Å². The zero-order valence-corrected chi connectivity index (χ0v) is 13.9. The number of thioether (sulfide) groups is 1. The average molecular weight is 321 g/mol. The van der Waals surface area contributed by atoms with Gasteiger partial charge in [-0.25, -0.2) is 0 Å². The molecule has 2 aromatic rings. The van der Waals surface area contributed by atoms with Crippen LogP contribution < -0.4 is 10.1 Å². The Labute approximate surface area is 133 Å². The van der Waals surface area contributed by atoms with E-state index in [0.717, 1.165) is 17.1 Å².